The minimum absolute atomic E-state index is 0.364. The molecule has 21 heavy (non-hydrogen) atoms. The topological polar surface area (TPSA) is 0 Å². The van der Waals surface area contributed by atoms with E-state index in [1.165, 1.54) is 44.1 Å². The van der Waals surface area contributed by atoms with Crippen LogP contribution in [-0.2, 0) is 6.42 Å². The molecule has 2 unspecified atom stereocenters. The van der Waals surface area contributed by atoms with Gasteiger partial charge in [0.05, 0.1) is 20.6 Å². The molecule has 0 heterocycles. The van der Waals surface area contributed by atoms with Crippen LogP contribution in [-0.4, -0.2) is 30.7 Å². The van der Waals surface area contributed by atoms with Gasteiger partial charge in [-0.3, -0.25) is 0 Å². The van der Waals surface area contributed by atoms with E-state index in [0.29, 0.717) is 5.54 Å². The molecule has 1 aliphatic carbocycles. The van der Waals surface area contributed by atoms with Gasteiger partial charge in [0, 0.05) is 18.8 Å². The molecule has 0 N–H and O–H groups in total. The highest BCUT2D eigenvalue weighted by molar-refractivity contribution is 5.18. The monoisotopic (exact) mass is 286 g/mol. The Balaban J connectivity index is 2.39. The molecule has 2 atom stereocenters. The third-order valence-electron chi connectivity index (χ3n) is 5.81. The van der Waals surface area contributed by atoms with E-state index in [9.17, 15) is 0 Å². The van der Waals surface area contributed by atoms with Gasteiger partial charge in [-0.2, -0.15) is 0 Å². The van der Waals surface area contributed by atoms with Gasteiger partial charge >= 0.3 is 0 Å². The van der Waals surface area contributed by atoms with Crippen molar-refractivity contribution in [2.45, 2.75) is 51.0 Å². The van der Waals surface area contributed by atoms with Crippen molar-refractivity contribution in [3.8, 4) is 0 Å². The first kappa shape index (κ1) is 16.3. The maximum atomic E-state index is 4.01. The van der Waals surface area contributed by atoms with Gasteiger partial charge < -0.3 is 4.48 Å². The van der Waals surface area contributed by atoms with Gasteiger partial charge in [0.15, 0.2) is 0 Å². The van der Waals surface area contributed by atoms with Crippen LogP contribution in [0.1, 0.15) is 44.6 Å². The first-order valence-electron chi connectivity index (χ1n) is 8.53. The Kier molecular flexibility index (Phi) is 5.27. The normalized spacial score (nSPS) is 26.5. The summed E-state index contributed by atoms with van der Waals surface area (Å²) in [5, 5.41) is 0. The summed E-state index contributed by atoms with van der Waals surface area (Å²) in [5.74, 6) is 0.821. The molecule has 0 aromatic heterocycles. The lowest BCUT2D eigenvalue weighted by Crippen LogP contribution is -2.65. The molecule has 0 bridgehead atoms. The van der Waals surface area contributed by atoms with Crippen molar-refractivity contribution in [3.05, 3.63) is 48.6 Å². The predicted molar refractivity (Wildman–Crippen MR) is 92.3 cm³/mol. The summed E-state index contributed by atoms with van der Waals surface area (Å²) in [4.78, 5) is 0. The van der Waals surface area contributed by atoms with Crippen LogP contribution in [0.2, 0.25) is 0 Å². The van der Waals surface area contributed by atoms with Gasteiger partial charge in [-0.05, 0) is 30.9 Å². The average Bonchev–Trinajstić information content (AvgIpc) is 2.48. The zero-order valence-electron chi connectivity index (χ0n) is 14.1. The van der Waals surface area contributed by atoms with Crippen LogP contribution < -0.4 is 0 Å². The molecule has 0 aliphatic heterocycles. The Morgan fingerprint density at radius 1 is 1.24 bits per heavy atom. The zero-order valence-corrected chi connectivity index (χ0v) is 14.1. The van der Waals surface area contributed by atoms with Crippen LogP contribution in [0.25, 0.3) is 0 Å². The van der Waals surface area contributed by atoms with Gasteiger partial charge in [-0.15, -0.1) is 0 Å². The third kappa shape index (κ3) is 3.23. The quantitative estimate of drug-likeness (QED) is 0.519. The third-order valence-corrected chi connectivity index (χ3v) is 5.81. The number of nitrogens with zero attached hydrogens (tertiary/aromatic N) is 1. The molecule has 0 radical (unpaired) electrons. The van der Waals surface area contributed by atoms with Crippen molar-refractivity contribution in [2.24, 2.45) is 5.92 Å². The smallest absolute Gasteiger partial charge is 0.106 e. The number of likely N-dealkylation sites (N-methyl/N-ethyl adjacent to an activating group) is 1. The van der Waals surface area contributed by atoms with Gasteiger partial charge in [0.25, 0.3) is 0 Å². The van der Waals surface area contributed by atoms with Crippen LogP contribution >= 0.6 is 0 Å². The maximum absolute atomic E-state index is 4.01. The molecule has 1 fully saturated rings. The summed E-state index contributed by atoms with van der Waals surface area (Å²) < 4.78 is 1.07. The molecule has 0 amide bonds. The molecule has 1 aliphatic rings. The molecule has 0 spiro atoms. The molecule has 0 saturated heterocycles. The standard InChI is InChI=1S/C20H32N/c1-5-16-21(3,4)20(15-11-10-14-19(20)6-2)17-18-12-8-7-9-13-18/h5,7-9,12-13,19H,1,6,10-11,14-17H2,2-4H3/q+1. The maximum Gasteiger partial charge on any atom is 0.106 e. The summed E-state index contributed by atoms with van der Waals surface area (Å²) in [6.07, 6.45) is 10.1. The summed E-state index contributed by atoms with van der Waals surface area (Å²) in [6, 6.07) is 11.1. The molecule has 2 rings (SSSR count). The Bertz CT molecular complexity index is 448. The molecule has 1 saturated carbocycles. The molecule has 116 valence electrons. The highest BCUT2D eigenvalue weighted by Crippen LogP contribution is 2.45. The highest BCUT2D eigenvalue weighted by Gasteiger charge is 2.51. The van der Waals surface area contributed by atoms with Crippen LogP contribution in [0.15, 0.2) is 43.0 Å². The van der Waals surface area contributed by atoms with E-state index in [0.717, 1.165) is 16.9 Å². The minimum Gasteiger partial charge on any atom is -0.320 e. The van der Waals surface area contributed by atoms with Crippen molar-refractivity contribution in [1.82, 2.24) is 0 Å². The van der Waals surface area contributed by atoms with E-state index in [1.807, 2.05) is 0 Å². The number of quaternary nitrogens is 1. The van der Waals surface area contributed by atoms with E-state index in [1.54, 1.807) is 0 Å². The summed E-state index contributed by atoms with van der Waals surface area (Å²) >= 11 is 0. The second-order valence-electron chi connectivity index (χ2n) is 7.27. The van der Waals surface area contributed by atoms with Crippen LogP contribution in [0.5, 0.6) is 0 Å². The minimum atomic E-state index is 0.364. The van der Waals surface area contributed by atoms with E-state index >= 15 is 0 Å². The lowest BCUT2D eigenvalue weighted by atomic mass is 9.66. The fourth-order valence-corrected chi connectivity index (χ4v) is 4.58. The second-order valence-corrected chi connectivity index (χ2v) is 7.27. The molecule has 1 aromatic rings. The van der Waals surface area contributed by atoms with E-state index in [2.05, 4.69) is 64.0 Å². The average molecular weight is 286 g/mol. The van der Waals surface area contributed by atoms with Crippen molar-refractivity contribution >= 4 is 0 Å². The largest absolute Gasteiger partial charge is 0.320 e. The fraction of sp³-hybridized carbons (Fsp3) is 0.600. The lowest BCUT2D eigenvalue weighted by molar-refractivity contribution is -0.943. The summed E-state index contributed by atoms with van der Waals surface area (Å²) in [7, 11) is 4.83. The van der Waals surface area contributed by atoms with E-state index in [4.69, 9.17) is 0 Å². The zero-order chi connectivity index (χ0) is 15.3. The summed E-state index contributed by atoms with van der Waals surface area (Å²) in [5.41, 5.74) is 1.86. The Morgan fingerprint density at radius 3 is 2.57 bits per heavy atom. The predicted octanol–water partition coefficient (Wildman–Crippen LogP) is 4.83. The number of benzene rings is 1. The molecular weight excluding hydrogens is 254 g/mol. The summed E-state index contributed by atoms with van der Waals surface area (Å²) in [6.45, 7) is 7.45. The SMILES string of the molecule is C=CC[N+](C)(C)C1(Cc2ccccc2)CCCCC1CC. The molecule has 1 heteroatoms. The molecule has 1 nitrogen and oxygen atoms in total. The molecular formula is C20H32N+. The van der Waals surface area contributed by atoms with Gasteiger partial charge in [0.2, 0.25) is 0 Å². The Morgan fingerprint density at radius 2 is 1.95 bits per heavy atom. The van der Waals surface area contributed by atoms with Crippen molar-refractivity contribution in [3.63, 3.8) is 0 Å². The fourth-order valence-electron chi connectivity index (χ4n) is 4.58. The van der Waals surface area contributed by atoms with E-state index in [-0.39, 0.29) is 0 Å². The lowest BCUT2D eigenvalue weighted by Gasteiger charge is -2.55. The Hall–Kier alpha value is -1.08. The first-order chi connectivity index (χ1) is 10.1. The van der Waals surface area contributed by atoms with E-state index < -0.39 is 0 Å². The number of hydrogen-bond acceptors (Lipinski definition) is 0. The van der Waals surface area contributed by atoms with Crippen LogP contribution in [0.4, 0.5) is 0 Å². The first-order valence-corrected chi connectivity index (χ1v) is 8.53. The van der Waals surface area contributed by atoms with Gasteiger partial charge in [0.1, 0.15) is 5.54 Å². The second kappa shape index (κ2) is 6.79. The van der Waals surface area contributed by atoms with Crippen molar-refractivity contribution in [2.75, 3.05) is 20.6 Å². The Labute approximate surface area is 131 Å². The van der Waals surface area contributed by atoms with Gasteiger partial charge in [-0.1, -0.05) is 50.3 Å². The van der Waals surface area contributed by atoms with Crippen LogP contribution in [0, 0.1) is 5.92 Å². The van der Waals surface area contributed by atoms with Crippen LogP contribution in [0.3, 0.4) is 0 Å². The number of rotatable bonds is 6. The highest BCUT2D eigenvalue weighted by atomic mass is 15.4. The van der Waals surface area contributed by atoms with Crippen molar-refractivity contribution < 1.29 is 4.48 Å². The number of hydrogen-bond donors (Lipinski definition) is 0. The van der Waals surface area contributed by atoms with Crippen molar-refractivity contribution in [1.29, 1.82) is 0 Å². The molecule has 1 aromatic carbocycles. The van der Waals surface area contributed by atoms with Gasteiger partial charge in [-0.25, -0.2) is 0 Å².